The van der Waals surface area contributed by atoms with E-state index in [4.69, 9.17) is 9.98 Å². The van der Waals surface area contributed by atoms with Crippen molar-refractivity contribution >= 4 is 34.8 Å². The Bertz CT molecular complexity index is 1400. The Hall–Kier alpha value is -3.24. The Kier molecular flexibility index (Phi) is 15.2. The smallest absolute Gasteiger partial charge is 0.153 e. The highest BCUT2D eigenvalue weighted by molar-refractivity contribution is 7.98. The van der Waals surface area contributed by atoms with E-state index >= 15 is 8.78 Å². The molecule has 0 saturated heterocycles. The van der Waals surface area contributed by atoms with Gasteiger partial charge in [-0.05, 0) is 75.8 Å². The van der Waals surface area contributed by atoms with E-state index < -0.39 is 17.7 Å². The average molecular weight is 643 g/mol. The van der Waals surface area contributed by atoms with Crippen molar-refractivity contribution in [2.24, 2.45) is 21.8 Å². The van der Waals surface area contributed by atoms with Crippen molar-refractivity contribution in [1.29, 1.82) is 0 Å². The van der Waals surface area contributed by atoms with E-state index in [9.17, 15) is 5.11 Å². The van der Waals surface area contributed by atoms with Crippen molar-refractivity contribution in [2.45, 2.75) is 98.5 Å². The number of anilines is 2. The largest absolute Gasteiger partial charge is 0.393 e. The summed E-state index contributed by atoms with van der Waals surface area (Å²) >= 11 is 1.28. The van der Waals surface area contributed by atoms with Crippen LogP contribution in [0.4, 0.5) is 20.3 Å². The molecule has 1 fully saturated rings. The lowest BCUT2D eigenvalue weighted by Crippen LogP contribution is -2.26. The Labute approximate surface area is 273 Å². The molecule has 1 atom stereocenters. The number of aliphatic hydroxyl groups excluding tert-OH is 1. The highest BCUT2D eigenvalue weighted by Gasteiger charge is 2.32. The van der Waals surface area contributed by atoms with Crippen LogP contribution in [0.1, 0.15) is 86.3 Å². The van der Waals surface area contributed by atoms with Crippen LogP contribution in [0.5, 0.6) is 0 Å². The summed E-state index contributed by atoms with van der Waals surface area (Å²) in [5.74, 6) is 0.442. The molecule has 1 saturated carbocycles. The van der Waals surface area contributed by atoms with Gasteiger partial charge < -0.3 is 15.3 Å². The summed E-state index contributed by atoms with van der Waals surface area (Å²) in [6.07, 6.45) is 7.50. The zero-order valence-electron chi connectivity index (χ0n) is 28.7. The molecule has 1 aromatic heterocycles. The quantitative estimate of drug-likeness (QED) is 0.0877. The number of benzene rings is 1. The topological polar surface area (TPSA) is 88.9 Å². The highest BCUT2D eigenvalue weighted by atomic mass is 32.2. The number of hydrogen-bond donors (Lipinski definition) is 3. The van der Waals surface area contributed by atoms with Crippen LogP contribution >= 0.6 is 11.8 Å². The fourth-order valence-electron chi connectivity index (χ4n) is 4.49. The monoisotopic (exact) mass is 642 g/mol. The van der Waals surface area contributed by atoms with Gasteiger partial charge in [-0.2, -0.15) is 5.10 Å². The molecule has 0 aliphatic heterocycles. The molecule has 2 aromatic rings. The molecular weight excluding hydrogens is 590 g/mol. The van der Waals surface area contributed by atoms with Crippen LogP contribution < -0.4 is 10.2 Å². The van der Waals surface area contributed by atoms with E-state index in [0.717, 1.165) is 29.8 Å². The van der Waals surface area contributed by atoms with Gasteiger partial charge in [0.15, 0.2) is 17.5 Å². The predicted molar refractivity (Wildman–Crippen MR) is 188 cm³/mol. The molecule has 1 aliphatic carbocycles. The van der Waals surface area contributed by atoms with Gasteiger partial charge in [-0.1, -0.05) is 53.7 Å². The molecule has 248 valence electrons. The molecule has 0 bridgehead atoms. The number of aliphatic hydroxyl groups is 1. The van der Waals surface area contributed by atoms with Crippen LogP contribution in [0.25, 0.3) is 0 Å². The molecule has 3 rings (SSSR count). The SMILES string of the molecule is C=C(/C(=C/C)N=C(CC(O)CC)C(C)C)/C(=C(\N=C(/C)N(C)c1c(F)cc(SC)cc1F)Nc1cc(C)[nH]n1)C1CC1.CCC. The number of aromatic nitrogens is 2. The number of thioether (sulfide) groups is 1. The van der Waals surface area contributed by atoms with Crippen molar-refractivity contribution in [3.8, 4) is 0 Å². The maximum atomic E-state index is 15.0. The number of aryl methyl sites for hydroxylation is 1. The average Bonchev–Trinajstić information content (AvgIpc) is 3.74. The van der Waals surface area contributed by atoms with Crippen molar-refractivity contribution in [3.05, 3.63) is 70.8 Å². The Morgan fingerprint density at radius 2 is 1.80 bits per heavy atom. The number of halogens is 2. The molecule has 7 nitrogen and oxygen atoms in total. The van der Waals surface area contributed by atoms with Gasteiger partial charge in [-0.25, -0.2) is 13.8 Å². The van der Waals surface area contributed by atoms with E-state index in [1.54, 1.807) is 20.2 Å². The lowest BCUT2D eigenvalue weighted by atomic mass is 9.97. The maximum absolute atomic E-state index is 15.0. The minimum atomic E-state index is -0.661. The molecule has 3 N–H and O–H groups in total. The molecule has 45 heavy (non-hydrogen) atoms. The number of hydrogen-bond acceptors (Lipinski definition) is 6. The number of aliphatic imine (C=N–C) groups is 2. The summed E-state index contributed by atoms with van der Waals surface area (Å²) in [6.45, 7) is 20.3. The number of aromatic amines is 1. The van der Waals surface area contributed by atoms with Crippen molar-refractivity contribution < 1.29 is 13.9 Å². The molecule has 1 heterocycles. The van der Waals surface area contributed by atoms with Gasteiger partial charge in [0.25, 0.3) is 0 Å². The van der Waals surface area contributed by atoms with Crippen LogP contribution in [0.3, 0.4) is 0 Å². The second-order valence-corrected chi connectivity index (χ2v) is 12.5. The van der Waals surface area contributed by atoms with E-state index in [1.165, 1.54) is 35.2 Å². The van der Waals surface area contributed by atoms with Crippen LogP contribution in [0, 0.1) is 30.4 Å². The molecule has 0 amide bonds. The third-order valence-corrected chi connectivity index (χ3v) is 7.98. The fraction of sp³-hybridized carbons (Fsp3) is 0.514. The highest BCUT2D eigenvalue weighted by Crippen LogP contribution is 2.44. The van der Waals surface area contributed by atoms with Gasteiger partial charge in [-0.15, -0.1) is 11.8 Å². The van der Waals surface area contributed by atoms with Crippen LogP contribution in [0.2, 0.25) is 0 Å². The molecule has 1 unspecified atom stereocenters. The number of nitrogens with one attached hydrogen (secondary N) is 2. The van der Waals surface area contributed by atoms with Gasteiger partial charge in [0, 0.05) is 41.4 Å². The normalized spacial score (nSPS) is 15.4. The lowest BCUT2D eigenvalue weighted by molar-refractivity contribution is 0.177. The number of H-pyrrole nitrogens is 1. The van der Waals surface area contributed by atoms with E-state index in [2.05, 4.69) is 49.8 Å². The second kappa shape index (κ2) is 18.0. The molecular formula is C35H52F2N6OS. The number of rotatable bonds is 13. The Balaban J connectivity index is 0.00000226. The van der Waals surface area contributed by atoms with Crippen LogP contribution in [0.15, 0.2) is 68.4 Å². The number of allylic oxidation sites excluding steroid dienone is 2. The Morgan fingerprint density at radius 1 is 1.20 bits per heavy atom. The maximum Gasteiger partial charge on any atom is 0.153 e. The Morgan fingerprint density at radius 3 is 2.24 bits per heavy atom. The first-order chi connectivity index (χ1) is 21.3. The molecule has 0 radical (unpaired) electrons. The van der Waals surface area contributed by atoms with Gasteiger partial charge >= 0.3 is 0 Å². The number of amidine groups is 1. The van der Waals surface area contributed by atoms with Gasteiger partial charge in [0.1, 0.15) is 17.3 Å². The number of nitrogens with zero attached hydrogens (tertiary/aromatic N) is 4. The molecule has 10 heteroatoms. The summed E-state index contributed by atoms with van der Waals surface area (Å²) in [7, 11) is 1.59. The standard InChI is InChI=1S/C32H44F2N6OS.C3H8/c1-10-23(41)15-28(18(3)4)36-27(11-2)20(6)30(22-12-13-22)32(37-29-14-19(5)38-39-29)35-21(7)40(8)31-25(33)16-24(42-9)17-26(31)34;1-3-2/h11,14,16-18,22-23,41H,6,10,12-13,15H2,1-5,7-9H3,(H2,37,38,39);3H2,1-2H3/b27-11-,32-30-,35-21+,36-28?;. The van der Waals surface area contributed by atoms with E-state index in [0.29, 0.717) is 46.5 Å². The first-order valence-corrected chi connectivity index (χ1v) is 17.0. The van der Waals surface area contributed by atoms with E-state index in [1.807, 2.05) is 32.9 Å². The van der Waals surface area contributed by atoms with Gasteiger partial charge in [0.2, 0.25) is 0 Å². The summed E-state index contributed by atoms with van der Waals surface area (Å²) < 4.78 is 30.1. The third kappa shape index (κ3) is 11.0. The predicted octanol–water partition coefficient (Wildman–Crippen LogP) is 9.44. The summed E-state index contributed by atoms with van der Waals surface area (Å²) in [5, 5.41) is 21.0. The van der Waals surface area contributed by atoms with Crippen molar-refractivity contribution in [3.63, 3.8) is 0 Å². The minimum Gasteiger partial charge on any atom is -0.393 e. The lowest BCUT2D eigenvalue weighted by Gasteiger charge is -2.23. The zero-order valence-corrected chi connectivity index (χ0v) is 29.5. The first kappa shape index (κ1) is 37.9. The molecule has 0 spiro atoms. The molecule has 1 aliphatic rings. The van der Waals surface area contributed by atoms with Gasteiger partial charge in [0.05, 0.1) is 11.8 Å². The van der Waals surface area contributed by atoms with Crippen molar-refractivity contribution in [2.75, 3.05) is 23.5 Å². The van der Waals surface area contributed by atoms with Crippen LogP contribution in [-0.4, -0.2) is 46.3 Å². The first-order valence-electron chi connectivity index (χ1n) is 15.8. The summed E-state index contributed by atoms with van der Waals surface area (Å²) in [5.41, 5.74) is 3.87. The zero-order chi connectivity index (χ0) is 33.8. The van der Waals surface area contributed by atoms with Crippen LogP contribution in [-0.2, 0) is 0 Å². The fourth-order valence-corrected chi connectivity index (χ4v) is 4.93. The van der Waals surface area contributed by atoms with E-state index in [-0.39, 0.29) is 17.5 Å². The third-order valence-electron chi connectivity index (χ3n) is 7.27. The second-order valence-electron chi connectivity index (χ2n) is 11.6. The van der Waals surface area contributed by atoms with Gasteiger partial charge in [-0.3, -0.25) is 10.1 Å². The summed E-state index contributed by atoms with van der Waals surface area (Å²) in [6, 6.07) is 4.51. The minimum absolute atomic E-state index is 0.142. The van der Waals surface area contributed by atoms with Crippen molar-refractivity contribution in [1.82, 2.24) is 10.2 Å². The summed E-state index contributed by atoms with van der Waals surface area (Å²) in [4.78, 5) is 11.8. The molecule has 1 aromatic carbocycles.